The van der Waals surface area contributed by atoms with Crippen molar-refractivity contribution in [3.05, 3.63) is 29.8 Å². The van der Waals surface area contributed by atoms with Gasteiger partial charge in [0.1, 0.15) is 5.75 Å². The molecule has 0 heterocycles. The van der Waals surface area contributed by atoms with Gasteiger partial charge in [0.25, 0.3) is 0 Å². The van der Waals surface area contributed by atoms with Crippen molar-refractivity contribution < 1.29 is 9.84 Å². The van der Waals surface area contributed by atoms with Crippen LogP contribution in [0.3, 0.4) is 0 Å². The largest absolute Gasteiger partial charge is 0.493 e. The lowest BCUT2D eigenvalue weighted by molar-refractivity contribution is 0.0782. The van der Waals surface area contributed by atoms with Crippen LogP contribution in [-0.4, -0.2) is 11.7 Å². The van der Waals surface area contributed by atoms with Gasteiger partial charge < -0.3 is 9.84 Å². The van der Waals surface area contributed by atoms with Gasteiger partial charge in [-0.15, -0.1) is 0 Å². The molecule has 0 bridgehead atoms. The van der Waals surface area contributed by atoms with E-state index >= 15 is 0 Å². The molecule has 1 N–H and O–H groups in total. The number of hydrogen-bond donors (Lipinski definition) is 1. The Labute approximate surface area is 91.9 Å². The molecule has 0 unspecified atom stereocenters. The van der Waals surface area contributed by atoms with E-state index in [1.807, 2.05) is 24.3 Å². The van der Waals surface area contributed by atoms with E-state index in [1.165, 1.54) is 0 Å². The molecular formula is C13H20O2. The van der Waals surface area contributed by atoms with Gasteiger partial charge in [0.05, 0.1) is 12.2 Å². The van der Waals surface area contributed by atoms with Crippen molar-refractivity contribution >= 4 is 0 Å². The van der Waals surface area contributed by atoms with Gasteiger partial charge in [-0.1, -0.05) is 26.0 Å². The molecule has 0 spiro atoms. The van der Waals surface area contributed by atoms with Crippen LogP contribution in [0, 0.1) is 5.92 Å². The van der Waals surface area contributed by atoms with Crippen LogP contribution in [0.1, 0.15) is 33.3 Å². The maximum absolute atomic E-state index is 9.84. The van der Waals surface area contributed by atoms with Crippen molar-refractivity contribution in [1.29, 1.82) is 0 Å². The minimum absolute atomic E-state index is 0.510. The van der Waals surface area contributed by atoms with E-state index in [9.17, 15) is 5.11 Å². The molecule has 0 aliphatic carbocycles. The molecule has 0 aliphatic rings. The first-order chi connectivity index (χ1) is 6.89. The summed E-state index contributed by atoms with van der Waals surface area (Å²) in [7, 11) is 0. The first kappa shape index (κ1) is 12.1. The maximum atomic E-state index is 9.84. The average Bonchev–Trinajstić information content (AvgIpc) is 2.14. The monoisotopic (exact) mass is 208 g/mol. The fraction of sp³-hybridized carbons (Fsp3) is 0.538. The first-order valence-corrected chi connectivity index (χ1v) is 5.35. The first-order valence-electron chi connectivity index (χ1n) is 5.35. The summed E-state index contributed by atoms with van der Waals surface area (Å²) in [6, 6.07) is 7.62. The second-order valence-corrected chi connectivity index (χ2v) is 4.79. The highest BCUT2D eigenvalue weighted by molar-refractivity contribution is 5.31. The maximum Gasteiger partial charge on any atom is 0.119 e. The summed E-state index contributed by atoms with van der Waals surface area (Å²) < 4.78 is 5.59. The Kier molecular flexibility index (Phi) is 3.75. The quantitative estimate of drug-likeness (QED) is 0.824. The zero-order valence-electron chi connectivity index (χ0n) is 9.95. The zero-order chi connectivity index (χ0) is 11.5. The summed E-state index contributed by atoms with van der Waals surface area (Å²) in [4.78, 5) is 0. The van der Waals surface area contributed by atoms with Crippen LogP contribution in [0.15, 0.2) is 24.3 Å². The van der Waals surface area contributed by atoms with Gasteiger partial charge in [0, 0.05) is 0 Å². The van der Waals surface area contributed by atoms with Crippen LogP contribution in [0.4, 0.5) is 0 Å². The van der Waals surface area contributed by atoms with Gasteiger partial charge in [0.15, 0.2) is 0 Å². The Morgan fingerprint density at radius 1 is 1.33 bits per heavy atom. The van der Waals surface area contributed by atoms with E-state index in [4.69, 9.17) is 4.74 Å². The normalized spacial score (nSPS) is 11.9. The van der Waals surface area contributed by atoms with E-state index in [0.29, 0.717) is 12.5 Å². The summed E-state index contributed by atoms with van der Waals surface area (Å²) >= 11 is 0. The third kappa shape index (κ3) is 3.92. The second kappa shape index (κ2) is 4.67. The summed E-state index contributed by atoms with van der Waals surface area (Å²) in [6.07, 6.45) is 0. The summed E-state index contributed by atoms with van der Waals surface area (Å²) in [5.41, 5.74) is 0.0701. The predicted molar refractivity (Wildman–Crippen MR) is 62.0 cm³/mol. The smallest absolute Gasteiger partial charge is 0.119 e. The van der Waals surface area contributed by atoms with Gasteiger partial charge in [-0.3, -0.25) is 0 Å². The highest BCUT2D eigenvalue weighted by Crippen LogP contribution is 2.23. The number of ether oxygens (including phenoxy) is 1. The molecule has 1 aromatic carbocycles. The molecule has 0 aliphatic heterocycles. The van der Waals surface area contributed by atoms with E-state index in [-0.39, 0.29) is 0 Å². The van der Waals surface area contributed by atoms with Gasteiger partial charge in [-0.05, 0) is 37.5 Å². The number of hydrogen-bond acceptors (Lipinski definition) is 2. The van der Waals surface area contributed by atoms with E-state index < -0.39 is 5.60 Å². The predicted octanol–water partition coefficient (Wildman–Crippen LogP) is 2.95. The molecule has 0 fully saturated rings. The lowest BCUT2D eigenvalue weighted by Crippen LogP contribution is -2.15. The minimum Gasteiger partial charge on any atom is -0.493 e. The lowest BCUT2D eigenvalue weighted by atomic mass is 9.98. The fourth-order valence-corrected chi connectivity index (χ4v) is 1.23. The molecule has 1 rings (SSSR count). The Hall–Kier alpha value is -1.02. The molecule has 84 valence electrons. The topological polar surface area (TPSA) is 29.5 Å². The van der Waals surface area contributed by atoms with Crippen LogP contribution in [0.5, 0.6) is 5.75 Å². The molecule has 0 amide bonds. The molecule has 0 atom stereocenters. The van der Waals surface area contributed by atoms with E-state index in [0.717, 1.165) is 11.3 Å². The van der Waals surface area contributed by atoms with E-state index in [2.05, 4.69) is 13.8 Å². The van der Waals surface area contributed by atoms with Crippen molar-refractivity contribution in [2.45, 2.75) is 33.3 Å². The Balaban J connectivity index is 2.75. The fourth-order valence-electron chi connectivity index (χ4n) is 1.23. The molecule has 0 radical (unpaired) electrons. The van der Waals surface area contributed by atoms with Crippen molar-refractivity contribution in [3.63, 3.8) is 0 Å². The van der Waals surface area contributed by atoms with E-state index in [1.54, 1.807) is 13.8 Å². The Morgan fingerprint density at radius 2 is 2.00 bits per heavy atom. The third-order valence-electron chi connectivity index (χ3n) is 2.12. The molecule has 2 heteroatoms. The molecule has 0 saturated carbocycles. The van der Waals surface area contributed by atoms with Gasteiger partial charge >= 0.3 is 0 Å². The highest BCUT2D eigenvalue weighted by Gasteiger charge is 2.16. The average molecular weight is 208 g/mol. The molecule has 1 aromatic rings. The Morgan fingerprint density at radius 3 is 2.53 bits per heavy atom. The van der Waals surface area contributed by atoms with Crippen molar-refractivity contribution in [2.75, 3.05) is 6.61 Å². The number of aliphatic hydroxyl groups is 1. The highest BCUT2D eigenvalue weighted by atomic mass is 16.5. The molecule has 0 saturated heterocycles. The van der Waals surface area contributed by atoms with Crippen LogP contribution >= 0.6 is 0 Å². The minimum atomic E-state index is -0.808. The SMILES string of the molecule is CC(C)COc1cccc(C(C)(C)O)c1. The van der Waals surface area contributed by atoms with Gasteiger partial charge in [-0.25, -0.2) is 0 Å². The van der Waals surface area contributed by atoms with Crippen molar-refractivity contribution in [1.82, 2.24) is 0 Å². The Bertz CT molecular complexity index is 311. The number of benzene rings is 1. The van der Waals surface area contributed by atoms with Crippen LogP contribution < -0.4 is 4.74 Å². The molecular weight excluding hydrogens is 188 g/mol. The lowest BCUT2D eigenvalue weighted by Gasteiger charge is -2.18. The standard InChI is InChI=1S/C13H20O2/c1-10(2)9-15-12-7-5-6-11(8-12)13(3,4)14/h5-8,10,14H,9H2,1-4H3. The van der Waals surface area contributed by atoms with Gasteiger partial charge in [-0.2, -0.15) is 0 Å². The second-order valence-electron chi connectivity index (χ2n) is 4.79. The summed E-state index contributed by atoms with van der Waals surface area (Å²) in [6.45, 7) is 8.47. The van der Waals surface area contributed by atoms with Crippen molar-refractivity contribution in [3.8, 4) is 5.75 Å². The van der Waals surface area contributed by atoms with Crippen molar-refractivity contribution in [2.24, 2.45) is 5.92 Å². The van der Waals surface area contributed by atoms with Crippen LogP contribution in [-0.2, 0) is 5.60 Å². The van der Waals surface area contributed by atoms with Crippen LogP contribution in [0.2, 0.25) is 0 Å². The third-order valence-corrected chi connectivity index (χ3v) is 2.12. The molecule has 15 heavy (non-hydrogen) atoms. The number of rotatable bonds is 4. The zero-order valence-corrected chi connectivity index (χ0v) is 9.95. The molecule has 2 nitrogen and oxygen atoms in total. The van der Waals surface area contributed by atoms with Crippen LogP contribution in [0.25, 0.3) is 0 Å². The van der Waals surface area contributed by atoms with Gasteiger partial charge in [0.2, 0.25) is 0 Å². The molecule has 0 aromatic heterocycles. The summed E-state index contributed by atoms with van der Waals surface area (Å²) in [5.74, 6) is 1.33. The summed E-state index contributed by atoms with van der Waals surface area (Å²) in [5, 5.41) is 9.84.